The number of carbonyl (C=O) groups is 2. The largest absolute Gasteiger partial charge is 0.478 e. The van der Waals surface area contributed by atoms with Gasteiger partial charge in [-0.05, 0) is 29.7 Å². The van der Waals surface area contributed by atoms with Gasteiger partial charge in [0, 0.05) is 17.4 Å². The first-order chi connectivity index (χ1) is 13.1. The Morgan fingerprint density at radius 3 is 2.59 bits per heavy atom. The lowest BCUT2D eigenvalue weighted by atomic mass is 10.0. The Balaban J connectivity index is 1.80. The average Bonchev–Trinajstić information content (AvgIpc) is 3.11. The van der Waals surface area contributed by atoms with Crippen LogP contribution in [-0.2, 0) is 11.2 Å². The molecule has 1 amide bonds. The third-order valence-corrected chi connectivity index (χ3v) is 4.94. The van der Waals surface area contributed by atoms with E-state index in [9.17, 15) is 14.7 Å². The number of benzene rings is 2. The molecule has 6 heteroatoms. The number of nitriles is 1. The van der Waals surface area contributed by atoms with Gasteiger partial charge < -0.3 is 10.4 Å². The smallest absolute Gasteiger partial charge is 0.339 e. The van der Waals surface area contributed by atoms with Crippen molar-refractivity contribution < 1.29 is 14.7 Å². The van der Waals surface area contributed by atoms with E-state index in [1.54, 1.807) is 29.6 Å². The zero-order valence-electron chi connectivity index (χ0n) is 14.3. The molecule has 2 aromatic carbocycles. The van der Waals surface area contributed by atoms with E-state index in [4.69, 9.17) is 5.26 Å². The number of aromatic carboxylic acids is 1. The second kappa shape index (κ2) is 8.30. The fourth-order valence-electron chi connectivity index (χ4n) is 2.72. The van der Waals surface area contributed by atoms with Crippen molar-refractivity contribution in [3.05, 3.63) is 76.7 Å². The van der Waals surface area contributed by atoms with Crippen molar-refractivity contribution in [1.82, 2.24) is 0 Å². The van der Waals surface area contributed by atoms with Crippen LogP contribution in [0.5, 0.6) is 0 Å². The van der Waals surface area contributed by atoms with Crippen LogP contribution in [0.3, 0.4) is 0 Å². The van der Waals surface area contributed by atoms with Crippen LogP contribution in [-0.4, -0.2) is 17.0 Å². The standard InChI is InChI=1S/C21H16N2O3S/c22-12-15-7-4-8-16(11-15)17-13-27-20(19(17)21(25)26)23-18(24)10-9-14-5-2-1-3-6-14/h1-8,11,13H,9-10H2,(H,23,24)(H,25,26). The Bertz CT molecular complexity index is 1020. The minimum Gasteiger partial charge on any atom is -0.478 e. The average molecular weight is 376 g/mol. The maximum absolute atomic E-state index is 12.3. The summed E-state index contributed by atoms with van der Waals surface area (Å²) in [5, 5.41) is 23.4. The van der Waals surface area contributed by atoms with Crippen molar-refractivity contribution in [2.24, 2.45) is 0 Å². The minimum absolute atomic E-state index is 0.0446. The molecule has 0 spiro atoms. The summed E-state index contributed by atoms with van der Waals surface area (Å²) in [7, 11) is 0. The molecule has 0 aliphatic heterocycles. The maximum atomic E-state index is 12.3. The third kappa shape index (κ3) is 4.40. The molecule has 134 valence electrons. The molecular formula is C21H16N2O3S. The summed E-state index contributed by atoms with van der Waals surface area (Å²) in [6.45, 7) is 0. The lowest BCUT2D eigenvalue weighted by Crippen LogP contribution is -2.14. The predicted octanol–water partition coefficient (Wildman–Crippen LogP) is 4.56. The molecule has 0 fully saturated rings. The fraction of sp³-hybridized carbons (Fsp3) is 0.0952. The number of hydrogen-bond donors (Lipinski definition) is 2. The summed E-state index contributed by atoms with van der Waals surface area (Å²) in [5.74, 6) is -1.35. The molecule has 1 heterocycles. The van der Waals surface area contributed by atoms with Crippen molar-refractivity contribution in [1.29, 1.82) is 5.26 Å². The molecule has 0 saturated heterocycles. The summed E-state index contributed by atoms with van der Waals surface area (Å²) in [5.41, 5.74) is 2.66. The molecule has 0 radical (unpaired) electrons. The van der Waals surface area contributed by atoms with E-state index in [0.29, 0.717) is 28.1 Å². The number of aryl methyl sites for hydroxylation is 1. The Morgan fingerprint density at radius 1 is 1.11 bits per heavy atom. The second-order valence-corrected chi connectivity index (χ2v) is 6.76. The van der Waals surface area contributed by atoms with Crippen molar-refractivity contribution >= 4 is 28.2 Å². The highest BCUT2D eigenvalue weighted by Crippen LogP contribution is 2.36. The molecule has 0 aliphatic carbocycles. The van der Waals surface area contributed by atoms with E-state index in [2.05, 4.69) is 5.32 Å². The number of anilines is 1. The highest BCUT2D eigenvalue weighted by Gasteiger charge is 2.21. The molecule has 0 atom stereocenters. The van der Waals surface area contributed by atoms with Gasteiger partial charge in [0.25, 0.3) is 0 Å². The first kappa shape index (κ1) is 18.4. The number of carboxylic acids is 1. The number of thiophene rings is 1. The van der Waals surface area contributed by atoms with Crippen LogP contribution in [0.1, 0.15) is 27.9 Å². The molecule has 3 rings (SSSR count). The van der Waals surface area contributed by atoms with Gasteiger partial charge in [-0.15, -0.1) is 11.3 Å². The Labute approximate surface area is 160 Å². The summed E-state index contributed by atoms with van der Waals surface area (Å²) in [6.07, 6.45) is 0.845. The molecule has 27 heavy (non-hydrogen) atoms. The van der Waals surface area contributed by atoms with E-state index in [-0.39, 0.29) is 17.9 Å². The van der Waals surface area contributed by atoms with Crippen LogP contribution in [0.2, 0.25) is 0 Å². The summed E-state index contributed by atoms with van der Waals surface area (Å²) in [6, 6.07) is 18.4. The van der Waals surface area contributed by atoms with Gasteiger partial charge >= 0.3 is 5.97 Å². The molecular weight excluding hydrogens is 360 g/mol. The van der Waals surface area contributed by atoms with Crippen LogP contribution in [0.25, 0.3) is 11.1 Å². The van der Waals surface area contributed by atoms with E-state index < -0.39 is 5.97 Å². The monoisotopic (exact) mass is 376 g/mol. The Hall–Kier alpha value is -3.43. The van der Waals surface area contributed by atoms with Gasteiger partial charge in [0.15, 0.2) is 0 Å². The normalized spacial score (nSPS) is 10.2. The molecule has 2 N–H and O–H groups in total. The molecule has 1 aromatic heterocycles. The van der Waals surface area contributed by atoms with Crippen LogP contribution in [0.4, 0.5) is 5.00 Å². The van der Waals surface area contributed by atoms with Crippen molar-refractivity contribution in [3.8, 4) is 17.2 Å². The number of hydrogen-bond acceptors (Lipinski definition) is 4. The lowest BCUT2D eigenvalue weighted by Gasteiger charge is -2.06. The number of nitrogens with one attached hydrogen (secondary N) is 1. The first-order valence-electron chi connectivity index (χ1n) is 8.27. The Morgan fingerprint density at radius 2 is 1.89 bits per heavy atom. The van der Waals surface area contributed by atoms with E-state index in [1.165, 1.54) is 11.3 Å². The SMILES string of the molecule is N#Cc1cccc(-c2csc(NC(=O)CCc3ccccc3)c2C(=O)O)c1. The summed E-state index contributed by atoms with van der Waals surface area (Å²) < 4.78 is 0. The van der Waals surface area contributed by atoms with Gasteiger partial charge in [0.05, 0.1) is 11.6 Å². The zero-order valence-corrected chi connectivity index (χ0v) is 15.1. The van der Waals surface area contributed by atoms with E-state index >= 15 is 0 Å². The van der Waals surface area contributed by atoms with Crippen molar-refractivity contribution in [3.63, 3.8) is 0 Å². The van der Waals surface area contributed by atoms with E-state index in [1.807, 2.05) is 36.4 Å². The van der Waals surface area contributed by atoms with Crippen LogP contribution in [0, 0.1) is 11.3 Å². The van der Waals surface area contributed by atoms with Crippen molar-refractivity contribution in [2.45, 2.75) is 12.8 Å². The van der Waals surface area contributed by atoms with Crippen LogP contribution < -0.4 is 5.32 Å². The van der Waals surface area contributed by atoms with Crippen molar-refractivity contribution in [2.75, 3.05) is 5.32 Å². The third-order valence-electron chi connectivity index (χ3n) is 4.04. The summed E-state index contributed by atoms with van der Waals surface area (Å²) >= 11 is 1.17. The van der Waals surface area contributed by atoms with Gasteiger partial charge in [-0.25, -0.2) is 4.79 Å². The number of rotatable bonds is 6. The Kier molecular flexibility index (Phi) is 5.64. The molecule has 0 aliphatic rings. The maximum Gasteiger partial charge on any atom is 0.339 e. The predicted molar refractivity (Wildman–Crippen MR) is 105 cm³/mol. The van der Waals surface area contributed by atoms with Gasteiger partial charge in [-0.2, -0.15) is 5.26 Å². The minimum atomic E-state index is -1.12. The van der Waals surface area contributed by atoms with Gasteiger partial charge in [-0.3, -0.25) is 4.79 Å². The van der Waals surface area contributed by atoms with E-state index in [0.717, 1.165) is 5.56 Å². The lowest BCUT2D eigenvalue weighted by molar-refractivity contribution is -0.116. The van der Waals surface area contributed by atoms with Gasteiger partial charge in [-0.1, -0.05) is 42.5 Å². The second-order valence-electron chi connectivity index (χ2n) is 5.89. The highest BCUT2D eigenvalue weighted by atomic mass is 32.1. The number of nitrogens with zero attached hydrogens (tertiary/aromatic N) is 1. The number of amides is 1. The molecule has 0 bridgehead atoms. The molecule has 3 aromatic rings. The van der Waals surface area contributed by atoms with Crippen LogP contribution in [0.15, 0.2) is 60.0 Å². The topological polar surface area (TPSA) is 90.2 Å². The highest BCUT2D eigenvalue weighted by molar-refractivity contribution is 7.15. The van der Waals surface area contributed by atoms with Gasteiger partial charge in [0.1, 0.15) is 10.6 Å². The quantitative estimate of drug-likeness (QED) is 0.660. The van der Waals surface area contributed by atoms with Crippen LogP contribution >= 0.6 is 11.3 Å². The van der Waals surface area contributed by atoms with Gasteiger partial charge in [0.2, 0.25) is 5.91 Å². The molecule has 5 nitrogen and oxygen atoms in total. The number of carbonyl (C=O) groups excluding carboxylic acids is 1. The summed E-state index contributed by atoms with van der Waals surface area (Å²) in [4.78, 5) is 24.0. The number of carboxylic acid groups (broad SMARTS) is 1. The first-order valence-corrected chi connectivity index (χ1v) is 9.15. The fourth-order valence-corrected chi connectivity index (χ4v) is 3.70. The molecule has 0 unspecified atom stereocenters. The molecule has 0 saturated carbocycles. The zero-order chi connectivity index (χ0) is 19.2.